The summed E-state index contributed by atoms with van der Waals surface area (Å²) in [4.78, 5) is 10.7. The molecule has 1 aromatic carbocycles. The Morgan fingerprint density at radius 1 is 1.35 bits per heavy atom. The lowest BCUT2D eigenvalue weighted by Crippen LogP contribution is -1.99. The molecule has 0 saturated carbocycles. The van der Waals surface area contributed by atoms with Crippen LogP contribution in [-0.4, -0.2) is 25.2 Å². The molecule has 88 valence electrons. The van der Waals surface area contributed by atoms with Crippen molar-refractivity contribution in [2.45, 2.75) is 0 Å². The molecule has 5 heteroatoms. The van der Waals surface area contributed by atoms with Crippen LogP contribution >= 0.6 is 0 Å². The van der Waals surface area contributed by atoms with Crippen LogP contribution in [0.4, 0.5) is 11.4 Å². The average molecular weight is 231 g/mol. The number of nitriles is 1. The zero-order valence-corrected chi connectivity index (χ0v) is 9.61. The first-order valence-electron chi connectivity index (χ1n) is 4.97. The van der Waals surface area contributed by atoms with Gasteiger partial charge in [0.15, 0.2) is 0 Å². The predicted octanol–water partition coefficient (Wildman–Crippen LogP) is 1.76. The van der Waals surface area contributed by atoms with Gasteiger partial charge >= 0.3 is 5.97 Å². The molecule has 0 aliphatic heterocycles. The molecule has 0 bridgehead atoms. The van der Waals surface area contributed by atoms with E-state index in [4.69, 9.17) is 10.4 Å². The maximum Gasteiger partial charge on any atom is 0.346 e. The molecule has 0 unspecified atom stereocenters. The number of nitrogens with zero attached hydrogens (tertiary/aromatic N) is 1. The van der Waals surface area contributed by atoms with Gasteiger partial charge in [0.1, 0.15) is 11.6 Å². The number of hydrogen-bond donors (Lipinski definition) is 3. The third kappa shape index (κ3) is 2.98. The zero-order valence-electron chi connectivity index (χ0n) is 9.61. The van der Waals surface area contributed by atoms with E-state index in [2.05, 4.69) is 10.6 Å². The summed E-state index contributed by atoms with van der Waals surface area (Å²) < 4.78 is 0. The van der Waals surface area contributed by atoms with Crippen LogP contribution in [0.5, 0.6) is 0 Å². The van der Waals surface area contributed by atoms with Crippen molar-refractivity contribution in [3.05, 3.63) is 29.3 Å². The number of hydrogen-bond acceptors (Lipinski definition) is 4. The number of aliphatic carboxylic acids is 1. The average Bonchev–Trinajstić information content (AvgIpc) is 2.35. The van der Waals surface area contributed by atoms with E-state index in [1.54, 1.807) is 32.3 Å². The van der Waals surface area contributed by atoms with Crippen LogP contribution in [0.15, 0.2) is 23.8 Å². The lowest BCUT2D eigenvalue weighted by Gasteiger charge is -2.09. The largest absolute Gasteiger partial charge is 0.477 e. The van der Waals surface area contributed by atoms with Gasteiger partial charge in [-0.3, -0.25) is 0 Å². The molecular weight excluding hydrogens is 218 g/mol. The molecule has 0 aromatic heterocycles. The van der Waals surface area contributed by atoms with Gasteiger partial charge in [-0.2, -0.15) is 5.26 Å². The van der Waals surface area contributed by atoms with E-state index in [0.717, 1.165) is 11.4 Å². The molecule has 17 heavy (non-hydrogen) atoms. The maximum absolute atomic E-state index is 10.7. The molecule has 1 rings (SSSR count). The first-order chi connectivity index (χ1) is 8.12. The van der Waals surface area contributed by atoms with Crippen molar-refractivity contribution >= 4 is 23.4 Å². The van der Waals surface area contributed by atoms with Gasteiger partial charge in [-0.05, 0) is 23.8 Å². The summed E-state index contributed by atoms with van der Waals surface area (Å²) in [6.45, 7) is 0. The molecule has 0 saturated heterocycles. The van der Waals surface area contributed by atoms with Crippen molar-refractivity contribution in [3.63, 3.8) is 0 Å². The standard InChI is InChI=1S/C12H13N3O2/c1-14-10-4-3-8(6-11(10)15-2)5-9(7-13)12(16)17/h3-6,14-15H,1-2H3,(H,16,17). The van der Waals surface area contributed by atoms with E-state index >= 15 is 0 Å². The SMILES string of the molecule is CNc1ccc(C=C(C#N)C(=O)O)cc1NC. The van der Waals surface area contributed by atoms with Gasteiger partial charge in [-0.1, -0.05) is 6.07 Å². The van der Waals surface area contributed by atoms with Crippen molar-refractivity contribution in [3.8, 4) is 6.07 Å². The normalized spacial score (nSPS) is 10.5. The minimum Gasteiger partial charge on any atom is -0.477 e. The summed E-state index contributed by atoms with van der Waals surface area (Å²) in [5, 5.41) is 23.4. The van der Waals surface area contributed by atoms with Crippen molar-refractivity contribution in [1.29, 1.82) is 5.26 Å². The smallest absolute Gasteiger partial charge is 0.346 e. The molecule has 0 spiro atoms. The van der Waals surface area contributed by atoms with E-state index in [0.29, 0.717) is 5.56 Å². The fraction of sp³-hybridized carbons (Fsp3) is 0.167. The fourth-order valence-corrected chi connectivity index (χ4v) is 1.38. The zero-order chi connectivity index (χ0) is 12.8. The van der Waals surface area contributed by atoms with Gasteiger partial charge in [0.25, 0.3) is 0 Å². The van der Waals surface area contributed by atoms with E-state index < -0.39 is 5.97 Å². The molecule has 0 fully saturated rings. The molecule has 0 aliphatic rings. The lowest BCUT2D eigenvalue weighted by molar-refractivity contribution is -0.132. The van der Waals surface area contributed by atoms with Crippen LogP contribution in [-0.2, 0) is 4.79 Å². The number of nitrogens with one attached hydrogen (secondary N) is 2. The number of carboxylic acids is 1. The van der Waals surface area contributed by atoms with Gasteiger partial charge in [0.2, 0.25) is 0 Å². The number of anilines is 2. The summed E-state index contributed by atoms with van der Waals surface area (Å²) in [5.41, 5.74) is 2.11. The highest BCUT2D eigenvalue weighted by Crippen LogP contribution is 2.23. The fourth-order valence-electron chi connectivity index (χ4n) is 1.38. The predicted molar refractivity (Wildman–Crippen MR) is 66.8 cm³/mol. The van der Waals surface area contributed by atoms with Crippen molar-refractivity contribution < 1.29 is 9.90 Å². The Morgan fingerprint density at radius 2 is 2.00 bits per heavy atom. The van der Waals surface area contributed by atoms with Gasteiger partial charge in [0.05, 0.1) is 11.4 Å². The van der Waals surface area contributed by atoms with Crippen LogP contribution in [0.25, 0.3) is 6.08 Å². The molecule has 0 atom stereocenters. The van der Waals surface area contributed by atoms with Crippen LogP contribution in [0.2, 0.25) is 0 Å². The first-order valence-corrected chi connectivity index (χ1v) is 4.97. The van der Waals surface area contributed by atoms with E-state index in [1.807, 2.05) is 6.07 Å². The minimum atomic E-state index is -1.23. The quantitative estimate of drug-likeness (QED) is 0.543. The number of carboxylic acid groups (broad SMARTS) is 1. The molecule has 0 amide bonds. The van der Waals surface area contributed by atoms with Crippen LogP contribution < -0.4 is 10.6 Å². The monoisotopic (exact) mass is 231 g/mol. The summed E-state index contributed by atoms with van der Waals surface area (Å²) in [5.74, 6) is -1.23. The summed E-state index contributed by atoms with van der Waals surface area (Å²) in [6.07, 6.45) is 1.34. The third-order valence-electron chi connectivity index (χ3n) is 2.24. The summed E-state index contributed by atoms with van der Waals surface area (Å²) in [7, 11) is 3.57. The Bertz CT molecular complexity index is 501. The second kappa shape index (κ2) is 5.56. The Labute approximate surface area is 99.4 Å². The molecule has 0 heterocycles. The molecular formula is C12H13N3O2. The lowest BCUT2D eigenvalue weighted by atomic mass is 10.1. The van der Waals surface area contributed by atoms with Crippen molar-refractivity contribution in [1.82, 2.24) is 0 Å². The Balaban J connectivity index is 3.17. The van der Waals surface area contributed by atoms with Crippen molar-refractivity contribution in [2.24, 2.45) is 0 Å². The van der Waals surface area contributed by atoms with Crippen LogP contribution in [0.3, 0.4) is 0 Å². The maximum atomic E-state index is 10.7. The van der Waals surface area contributed by atoms with Crippen molar-refractivity contribution in [2.75, 3.05) is 24.7 Å². The Morgan fingerprint density at radius 3 is 2.47 bits per heavy atom. The molecule has 1 aromatic rings. The second-order valence-electron chi connectivity index (χ2n) is 3.28. The van der Waals surface area contributed by atoms with Crippen LogP contribution in [0, 0.1) is 11.3 Å². The van der Waals surface area contributed by atoms with E-state index in [-0.39, 0.29) is 5.57 Å². The Hall–Kier alpha value is -2.48. The highest BCUT2D eigenvalue weighted by atomic mass is 16.4. The van der Waals surface area contributed by atoms with Gasteiger partial charge < -0.3 is 15.7 Å². The number of benzene rings is 1. The van der Waals surface area contributed by atoms with Gasteiger partial charge in [-0.15, -0.1) is 0 Å². The Kier molecular flexibility index (Phi) is 4.12. The number of carbonyl (C=O) groups is 1. The molecule has 5 nitrogen and oxygen atoms in total. The first kappa shape index (κ1) is 12.6. The number of rotatable bonds is 4. The summed E-state index contributed by atoms with van der Waals surface area (Å²) in [6, 6.07) is 6.97. The van der Waals surface area contributed by atoms with Gasteiger partial charge in [-0.25, -0.2) is 4.79 Å². The summed E-state index contributed by atoms with van der Waals surface area (Å²) >= 11 is 0. The van der Waals surface area contributed by atoms with E-state index in [1.165, 1.54) is 6.08 Å². The highest BCUT2D eigenvalue weighted by Gasteiger charge is 2.06. The second-order valence-corrected chi connectivity index (χ2v) is 3.28. The van der Waals surface area contributed by atoms with Gasteiger partial charge in [0, 0.05) is 14.1 Å². The molecule has 0 aliphatic carbocycles. The van der Waals surface area contributed by atoms with Crippen LogP contribution in [0.1, 0.15) is 5.56 Å². The topological polar surface area (TPSA) is 85.2 Å². The third-order valence-corrected chi connectivity index (χ3v) is 2.24. The highest BCUT2D eigenvalue weighted by molar-refractivity contribution is 5.96. The van der Waals surface area contributed by atoms with E-state index in [9.17, 15) is 4.79 Å². The minimum absolute atomic E-state index is 0.288. The molecule has 0 radical (unpaired) electrons. The molecule has 3 N–H and O–H groups in total.